The topological polar surface area (TPSA) is 75.6 Å². The summed E-state index contributed by atoms with van der Waals surface area (Å²) in [4.78, 5) is 24.0. The second kappa shape index (κ2) is 9.23. The summed E-state index contributed by atoms with van der Waals surface area (Å²) >= 11 is 0. The fourth-order valence-electron chi connectivity index (χ4n) is 2.65. The molecule has 0 fully saturated rings. The maximum atomic E-state index is 12.0. The number of hydrogen-bond acceptors (Lipinski definition) is 4. The van der Waals surface area contributed by atoms with Gasteiger partial charge >= 0.3 is 5.97 Å². The number of carbonyl (C=O) groups is 2. The maximum absolute atomic E-state index is 12.0. The van der Waals surface area contributed by atoms with Gasteiger partial charge in [0.05, 0.1) is 12.2 Å². The number of hydrogen-bond donors (Lipinski definition) is 2. The van der Waals surface area contributed by atoms with Crippen molar-refractivity contribution in [3.8, 4) is 0 Å². The SMILES string of the molecule is C[C@@H](OC(=O)c1ccc(CO)cc1)C(=O)NCCC1=CCCCC1. The van der Waals surface area contributed by atoms with Crippen molar-refractivity contribution in [3.63, 3.8) is 0 Å². The van der Waals surface area contributed by atoms with Gasteiger partial charge in [-0.1, -0.05) is 23.8 Å². The van der Waals surface area contributed by atoms with E-state index in [2.05, 4.69) is 11.4 Å². The number of nitrogens with one attached hydrogen (secondary N) is 1. The molecule has 1 aliphatic carbocycles. The number of carbonyl (C=O) groups excluding carboxylic acids is 2. The van der Waals surface area contributed by atoms with Crippen LogP contribution < -0.4 is 5.32 Å². The smallest absolute Gasteiger partial charge is 0.338 e. The highest BCUT2D eigenvalue weighted by Crippen LogP contribution is 2.19. The molecule has 0 saturated heterocycles. The van der Waals surface area contributed by atoms with Gasteiger partial charge in [-0.3, -0.25) is 4.79 Å². The van der Waals surface area contributed by atoms with Crippen LogP contribution in [0.4, 0.5) is 0 Å². The Bertz CT molecular complexity index is 592. The first-order valence-corrected chi connectivity index (χ1v) is 8.46. The third-order valence-electron chi connectivity index (χ3n) is 4.16. The lowest BCUT2D eigenvalue weighted by Gasteiger charge is -2.15. The van der Waals surface area contributed by atoms with Crippen molar-refractivity contribution in [2.45, 2.75) is 51.7 Å². The molecule has 1 amide bonds. The lowest BCUT2D eigenvalue weighted by Crippen LogP contribution is -2.36. The molecular weight excluding hydrogens is 306 g/mol. The van der Waals surface area contributed by atoms with E-state index in [1.807, 2.05) is 0 Å². The molecule has 1 aromatic rings. The molecule has 0 spiro atoms. The highest BCUT2D eigenvalue weighted by Gasteiger charge is 2.18. The van der Waals surface area contributed by atoms with Crippen LogP contribution >= 0.6 is 0 Å². The van der Waals surface area contributed by atoms with Crippen molar-refractivity contribution in [1.82, 2.24) is 5.32 Å². The Hall–Kier alpha value is -2.14. The molecule has 0 heterocycles. The first-order chi connectivity index (χ1) is 11.6. The molecule has 130 valence electrons. The van der Waals surface area contributed by atoms with Crippen molar-refractivity contribution in [2.24, 2.45) is 0 Å². The summed E-state index contributed by atoms with van der Waals surface area (Å²) in [6.07, 6.45) is 7.00. The van der Waals surface area contributed by atoms with Gasteiger partial charge < -0.3 is 15.2 Å². The van der Waals surface area contributed by atoms with E-state index in [0.29, 0.717) is 17.7 Å². The van der Waals surface area contributed by atoms with Gasteiger partial charge in [0.1, 0.15) is 0 Å². The quantitative estimate of drug-likeness (QED) is 0.595. The Kier molecular flexibility index (Phi) is 7.00. The van der Waals surface area contributed by atoms with E-state index >= 15 is 0 Å². The monoisotopic (exact) mass is 331 g/mol. The van der Waals surface area contributed by atoms with Crippen LogP contribution in [0.15, 0.2) is 35.9 Å². The van der Waals surface area contributed by atoms with Crippen LogP contribution in [0.1, 0.15) is 54.9 Å². The number of rotatable bonds is 7. The normalized spacial score (nSPS) is 15.3. The first-order valence-electron chi connectivity index (χ1n) is 8.46. The van der Waals surface area contributed by atoms with Gasteiger partial charge in [0.2, 0.25) is 0 Å². The van der Waals surface area contributed by atoms with Crippen LogP contribution in [0, 0.1) is 0 Å². The zero-order valence-electron chi connectivity index (χ0n) is 14.1. The summed E-state index contributed by atoms with van der Waals surface area (Å²) in [6.45, 7) is 2.05. The molecular formula is C19H25NO4. The Labute approximate surface area is 142 Å². The molecule has 0 unspecified atom stereocenters. The molecule has 24 heavy (non-hydrogen) atoms. The highest BCUT2D eigenvalue weighted by atomic mass is 16.5. The minimum Gasteiger partial charge on any atom is -0.449 e. The van der Waals surface area contributed by atoms with Gasteiger partial charge in [-0.15, -0.1) is 0 Å². The minimum atomic E-state index is -0.838. The van der Waals surface area contributed by atoms with Gasteiger partial charge in [-0.05, 0) is 56.7 Å². The highest BCUT2D eigenvalue weighted by molar-refractivity contribution is 5.92. The Morgan fingerprint density at radius 3 is 2.62 bits per heavy atom. The predicted octanol–water partition coefficient (Wildman–Crippen LogP) is 2.73. The third kappa shape index (κ3) is 5.49. The molecule has 1 aliphatic rings. The minimum absolute atomic E-state index is 0.0788. The summed E-state index contributed by atoms with van der Waals surface area (Å²) in [5, 5.41) is 11.8. The van der Waals surface area contributed by atoms with E-state index in [1.165, 1.54) is 18.4 Å². The molecule has 1 atom stereocenters. The van der Waals surface area contributed by atoms with Gasteiger partial charge in [0.15, 0.2) is 6.10 Å². The van der Waals surface area contributed by atoms with E-state index < -0.39 is 12.1 Å². The van der Waals surface area contributed by atoms with Crippen LogP contribution in [0.3, 0.4) is 0 Å². The average Bonchev–Trinajstić information content (AvgIpc) is 2.62. The van der Waals surface area contributed by atoms with Crippen molar-refractivity contribution in [2.75, 3.05) is 6.54 Å². The van der Waals surface area contributed by atoms with E-state index in [0.717, 1.165) is 19.3 Å². The molecule has 2 N–H and O–H groups in total. The average molecular weight is 331 g/mol. The molecule has 0 radical (unpaired) electrons. The molecule has 2 rings (SSSR count). The van der Waals surface area contributed by atoms with Crippen LogP contribution in [0.5, 0.6) is 0 Å². The summed E-state index contributed by atoms with van der Waals surface area (Å²) in [7, 11) is 0. The van der Waals surface area contributed by atoms with E-state index in [-0.39, 0.29) is 12.5 Å². The second-order valence-electron chi connectivity index (χ2n) is 6.05. The second-order valence-corrected chi connectivity index (χ2v) is 6.05. The molecule has 0 bridgehead atoms. The Morgan fingerprint density at radius 1 is 1.25 bits per heavy atom. The van der Waals surface area contributed by atoms with Crippen molar-refractivity contribution in [1.29, 1.82) is 0 Å². The number of esters is 1. The third-order valence-corrected chi connectivity index (χ3v) is 4.16. The first kappa shape index (κ1) is 18.2. The summed E-state index contributed by atoms with van der Waals surface area (Å²) in [5.41, 5.74) is 2.48. The van der Waals surface area contributed by atoms with E-state index in [1.54, 1.807) is 31.2 Å². The number of ether oxygens (including phenoxy) is 1. The zero-order valence-corrected chi connectivity index (χ0v) is 14.1. The maximum Gasteiger partial charge on any atom is 0.338 e. The van der Waals surface area contributed by atoms with Gasteiger partial charge in [-0.2, -0.15) is 0 Å². The number of benzene rings is 1. The van der Waals surface area contributed by atoms with Crippen molar-refractivity contribution in [3.05, 3.63) is 47.0 Å². The zero-order chi connectivity index (χ0) is 17.4. The number of aliphatic hydroxyl groups excluding tert-OH is 1. The van der Waals surface area contributed by atoms with Gasteiger partial charge in [0, 0.05) is 6.54 Å². The van der Waals surface area contributed by atoms with Crippen LogP contribution in [0.2, 0.25) is 0 Å². The van der Waals surface area contributed by atoms with Crippen LogP contribution in [-0.2, 0) is 16.1 Å². The summed E-state index contributed by atoms with van der Waals surface area (Å²) < 4.78 is 5.19. The van der Waals surface area contributed by atoms with Crippen LogP contribution in [-0.4, -0.2) is 29.6 Å². The molecule has 0 aromatic heterocycles. The lowest BCUT2D eigenvalue weighted by atomic mass is 9.97. The molecule has 1 aromatic carbocycles. The number of allylic oxidation sites excluding steroid dienone is 1. The van der Waals surface area contributed by atoms with Gasteiger partial charge in [-0.25, -0.2) is 4.79 Å². The molecule has 0 saturated carbocycles. The lowest BCUT2D eigenvalue weighted by molar-refractivity contribution is -0.129. The number of aliphatic hydroxyl groups is 1. The van der Waals surface area contributed by atoms with Crippen molar-refractivity contribution >= 4 is 11.9 Å². The van der Waals surface area contributed by atoms with Crippen molar-refractivity contribution < 1.29 is 19.4 Å². The fourth-order valence-corrected chi connectivity index (χ4v) is 2.65. The number of amides is 1. The van der Waals surface area contributed by atoms with E-state index in [9.17, 15) is 9.59 Å². The standard InChI is InChI=1S/C19H25NO4/c1-14(18(22)20-12-11-15-5-3-2-4-6-15)24-19(23)17-9-7-16(13-21)8-10-17/h5,7-10,14,21H,2-4,6,11-13H2,1H3,(H,20,22)/t14-/m1/s1. The van der Waals surface area contributed by atoms with Crippen LogP contribution in [0.25, 0.3) is 0 Å². The Morgan fingerprint density at radius 2 is 2.00 bits per heavy atom. The molecule has 5 nitrogen and oxygen atoms in total. The molecule has 5 heteroatoms. The largest absolute Gasteiger partial charge is 0.449 e. The van der Waals surface area contributed by atoms with Gasteiger partial charge in [0.25, 0.3) is 5.91 Å². The van der Waals surface area contributed by atoms with E-state index in [4.69, 9.17) is 9.84 Å². The predicted molar refractivity (Wildman–Crippen MR) is 91.4 cm³/mol. The Balaban J connectivity index is 1.75. The fraction of sp³-hybridized carbons (Fsp3) is 0.474. The summed E-state index contributed by atoms with van der Waals surface area (Å²) in [6, 6.07) is 6.46. The summed E-state index contributed by atoms with van der Waals surface area (Å²) in [5.74, 6) is -0.830. The molecule has 0 aliphatic heterocycles.